The maximum Gasteiger partial charge on any atom is 0.218 e. The Labute approximate surface area is 176 Å². The molecule has 2 aromatic heterocycles. The highest BCUT2D eigenvalue weighted by Crippen LogP contribution is 2.16. The molecule has 0 aliphatic heterocycles. The predicted molar refractivity (Wildman–Crippen MR) is 118 cm³/mol. The average Bonchev–Trinajstić information content (AvgIpc) is 3.04. The number of aryl methyl sites for hydroxylation is 1. The Hall–Kier alpha value is -1.39. The van der Waals surface area contributed by atoms with Crippen molar-refractivity contribution in [3.63, 3.8) is 0 Å². The van der Waals surface area contributed by atoms with E-state index in [0.29, 0.717) is 25.6 Å². The van der Waals surface area contributed by atoms with Crippen molar-refractivity contribution in [3.8, 4) is 5.88 Å². The summed E-state index contributed by atoms with van der Waals surface area (Å²) in [6, 6.07) is 8.14. The van der Waals surface area contributed by atoms with Crippen LogP contribution in [0.25, 0.3) is 0 Å². The molecular weight excluding hydrogens is 463 g/mol. The quantitative estimate of drug-likeness (QED) is 0.244. The van der Waals surface area contributed by atoms with E-state index in [4.69, 9.17) is 9.47 Å². The van der Waals surface area contributed by atoms with E-state index < -0.39 is 0 Å². The lowest BCUT2D eigenvalue weighted by atomic mass is 10.3. The fourth-order valence-corrected chi connectivity index (χ4v) is 2.98. The zero-order valence-electron chi connectivity index (χ0n) is 15.4. The zero-order chi connectivity index (χ0) is 17.9. The highest BCUT2D eigenvalue weighted by Gasteiger charge is 2.05. The van der Waals surface area contributed by atoms with Gasteiger partial charge in [0.15, 0.2) is 5.96 Å². The van der Waals surface area contributed by atoms with E-state index in [9.17, 15) is 0 Å². The molecule has 0 fully saturated rings. The molecule has 0 atom stereocenters. The fraction of sp³-hybridized carbons (Fsp3) is 0.444. The van der Waals surface area contributed by atoms with E-state index in [1.807, 2.05) is 12.1 Å². The van der Waals surface area contributed by atoms with Crippen LogP contribution in [0.2, 0.25) is 0 Å². The van der Waals surface area contributed by atoms with Crippen molar-refractivity contribution in [2.24, 2.45) is 4.99 Å². The molecule has 0 bridgehead atoms. The number of guanidine groups is 1. The minimum Gasteiger partial charge on any atom is -0.475 e. The lowest BCUT2D eigenvalue weighted by Crippen LogP contribution is -2.36. The van der Waals surface area contributed by atoms with Gasteiger partial charge in [-0.2, -0.15) is 0 Å². The standard InChI is InChI=1S/C18H26N4O2S.HI/c1-4-19-18(22-13-16-8-7-14(2)25-16)21-12-15-6-5-9-20-17(15)24-11-10-23-3;/h5-9H,4,10-13H2,1-3H3,(H2,19,21,22);1H. The van der Waals surface area contributed by atoms with Crippen LogP contribution >= 0.6 is 35.3 Å². The number of aromatic nitrogens is 1. The van der Waals surface area contributed by atoms with Crippen LogP contribution in [0.4, 0.5) is 0 Å². The van der Waals surface area contributed by atoms with Gasteiger partial charge in [-0.05, 0) is 32.0 Å². The van der Waals surface area contributed by atoms with Crippen LogP contribution in [-0.2, 0) is 17.8 Å². The number of methoxy groups -OCH3 is 1. The predicted octanol–water partition coefficient (Wildman–Crippen LogP) is 3.35. The summed E-state index contributed by atoms with van der Waals surface area (Å²) in [6.45, 7) is 7.23. The van der Waals surface area contributed by atoms with Gasteiger partial charge in [0, 0.05) is 35.2 Å². The van der Waals surface area contributed by atoms with Crippen LogP contribution in [0.1, 0.15) is 22.2 Å². The summed E-state index contributed by atoms with van der Waals surface area (Å²) in [4.78, 5) is 11.5. The van der Waals surface area contributed by atoms with E-state index in [1.54, 1.807) is 24.6 Å². The number of nitrogens with zero attached hydrogens (tertiary/aromatic N) is 2. The third-order valence-corrected chi connectivity index (χ3v) is 4.35. The van der Waals surface area contributed by atoms with Gasteiger partial charge in [0.2, 0.25) is 5.88 Å². The number of pyridine rings is 1. The van der Waals surface area contributed by atoms with Gasteiger partial charge in [-0.25, -0.2) is 9.98 Å². The molecule has 0 aliphatic rings. The number of thiophene rings is 1. The Bertz CT molecular complexity index is 679. The smallest absolute Gasteiger partial charge is 0.218 e. The Morgan fingerprint density at radius 1 is 1.23 bits per heavy atom. The molecule has 2 aromatic rings. The normalized spacial score (nSPS) is 11.0. The number of hydrogen-bond acceptors (Lipinski definition) is 5. The molecule has 0 radical (unpaired) electrons. The Morgan fingerprint density at radius 2 is 2.08 bits per heavy atom. The van der Waals surface area contributed by atoms with Crippen LogP contribution in [0.3, 0.4) is 0 Å². The molecule has 2 rings (SSSR count). The van der Waals surface area contributed by atoms with Crippen LogP contribution in [0, 0.1) is 6.92 Å². The van der Waals surface area contributed by atoms with Crippen molar-refractivity contribution in [1.82, 2.24) is 15.6 Å². The van der Waals surface area contributed by atoms with E-state index in [-0.39, 0.29) is 24.0 Å². The SMILES string of the molecule is CCNC(=NCc1cccnc1OCCOC)NCc1ccc(C)s1.I. The van der Waals surface area contributed by atoms with E-state index in [1.165, 1.54) is 9.75 Å². The monoisotopic (exact) mass is 490 g/mol. The fourth-order valence-electron chi connectivity index (χ4n) is 2.15. The molecule has 2 N–H and O–H groups in total. The van der Waals surface area contributed by atoms with Crippen molar-refractivity contribution in [3.05, 3.63) is 45.8 Å². The van der Waals surface area contributed by atoms with Gasteiger partial charge < -0.3 is 20.1 Å². The van der Waals surface area contributed by atoms with E-state index in [0.717, 1.165) is 24.6 Å². The maximum absolute atomic E-state index is 5.66. The minimum absolute atomic E-state index is 0. The number of halogens is 1. The molecule has 0 aromatic carbocycles. The van der Waals surface area contributed by atoms with Crippen molar-refractivity contribution in [2.75, 3.05) is 26.9 Å². The summed E-state index contributed by atoms with van der Waals surface area (Å²) in [5.41, 5.74) is 0.947. The number of ether oxygens (including phenoxy) is 2. The second-order valence-electron chi connectivity index (χ2n) is 5.37. The van der Waals surface area contributed by atoms with E-state index >= 15 is 0 Å². The molecule has 8 heteroatoms. The highest BCUT2D eigenvalue weighted by atomic mass is 127. The molecule has 6 nitrogen and oxygen atoms in total. The maximum atomic E-state index is 5.66. The van der Waals surface area contributed by atoms with Gasteiger partial charge in [0.05, 0.1) is 19.7 Å². The molecule has 144 valence electrons. The lowest BCUT2D eigenvalue weighted by molar-refractivity contribution is 0.143. The van der Waals surface area contributed by atoms with E-state index in [2.05, 4.69) is 46.6 Å². The Morgan fingerprint density at radius 3 is 2.77 bits per heavy atom. The summed E-state index contributed by atoms with van der Waals surface area (Å²) in [6.07, 6.45) is 1.72. The Kier molecular flexibility index (Phi) is 11.2. The third kappa shape index (κ3) is 7.88. The number of hydrogen-bond donors (Lipinski definition) is 2. The molecule has 0 aliphatic carbocycles. The molecule has 2 heterocycles. The van der Waals surface area contributed by atoms with Gasteiger partial charge in [0.1, 0.15) is 6.61 Å². The first-order chi connectivity index (χ1) is 12.2. The number of rotatable bonds is 9. The van der Waals surface area contributed by atoms with Crippen LogP contribution < -0.4 is 15.4 Å². The number of nitrogens with one attached hydrogen (secondary N) is 2. The van der Waals surface area contributed by atoms with Gasteiger partial charge in [-0.1, -0.05) is 6.07 Å². The summed E-state index contributed by atoms with van der Waals surface area (Å²) in [5, 5.41) is 6.62. The van der Waals surface area contributed by atoms with Crippen LogP contribution in [-0.4, -0.2) is 37.8 Å². The summed E-state index contributed by atoms with van der Waals surface area (Å²) in [7, 11) is 1.65. The third-order valence-electron chi connectivity index (χ3n) is 3.35. The average molecular weight is 490 g/mol. The lowest BCUT2D eigenvalue weighted by Gasteiger charge is -2.12. The first-order valence-corrected chi connectivity index (χ1v) is 9.17. The van der Waals surface area contributed by atoms with Gasteiger partial charge in [-0.3, -0.25) is 0 Å². The van der Waals surface area contributed by atoms with Gasteiger partial charge in [0.25, 0.3) is 0 Å². The molecule has 26 heavy (non-hydrogen) atoms. The van der Waals surface area contributed by atoms with Crippen molar-refractivity contribution in [1.29, 1.82) is 0 Å². The first-order valence-electron chi connectivity index (χ1n) is 8.36. The van der Waals surface area contributed by atoms with Crippen molar-refractivity contribution < 1.29 is 9.47 Å². The summed E-state index contributed by atoms with van der Waals surface area (Å²) in [5.74, 6) is 1.38. The van der Waals surface area contributed by atoms with Gasteiger partial charge >= 0.3 is 0 Å². The van der Waals surface area contributed by atoms with Crippen LogP contribution in [0.15, 0.2) is 35.5 Å². The number of aliphatic imine (C=N–C) groups is 1. The van der Waals surface area contributed by atoms with Crippen LogP contribution in [0.5, 0.6) is 5.88 Å². The summed E-state index contributed by atoms with van der Waals surface area (Å²) < 4.78 is 10.7. The first kappa shape index (κ1) is 22.7. The topological polar surface area (TPSA) is 67.8 Å². The Balaban J connectivity index is 0.00000338. The zero-order valence-corrected chi connectivity index (χ0v) is 18.6. The second-order valence-corrected chi connectivity index (χ2v) is 6.74. The molecule has 0 saturated carbocycles. The largest absolute Gasteiger partial charge is 0.475 e. The summed E-state index contributed by atoms with van der Waals surface area (Å²) >= 11 is 1.79. The molecule has 0 unspecified atom stereocenters. The molecule has 0 saturated heterocycles. The molecule has 0 spiro atoms. The van der Waals surface area contributed by atoms with Crippen molar-refractivity contribution >= 4 is 41.3 Å². The second kappa shape index (κ2) is 12.9. The molecule has 0 amide bonds. The van der Waals surface area contributed by atoms with Crippen molar-refractivity contribution in [2.45, 2.75) is 26.9 Å². The van der Waals surface area contributed by atoms with Gasteiger partial charge in [-0.15, -0.1) is 35.3 Å². The molecular formula is C18H27IN4O2S. The minimum atomic E-state index is 0. The highest BCUT2D eigenvalue weighted by molar-refractivity contribution is 14.0.